The number of likely N-dealkylation sites (N-methyl/N-ethyl adjacent to an activating group) is 1. The molecule has 0 bridgehead atoms. The van der Waals surface area contributed by atoms with Crippen LogP contribution in [0.25, 0.3) is 0 Å². The van der Waals surface area contributed by atoms with Crippen molar-refractivity contribution in [2.45, 2.75) is 27.2 Å². The van der Waals surface area contributed by atoms with Gasteiger partial charge in [0, 0.05) is 24.7 Å². The summed E-state index contributed by atoms with van der Waals surface area (Å²) in [6.45, 7) is 9.65. The van der Waals surface area contributed by atoms with Crippen molar-refractivity contribution in [3.8, 4) is 0 Å². The van der Waals surface area contributed by atoms with Gasteiger partial charge in [0.05, 0.1) is 4.92 Å². The van der Waals surface area contributed by atoms with E-state index in [2.05, 4.69) is 25.7 Å². The Bertz CT molecular complexity index is 446. The molecular weight excluding hydrogens is 254 g/mol. The van der Waals surface area contributed by atoms with Crippen molar-refractivity contribution in [3.63, 3.8) is 0 Å². The third-order valence-corrected chi connectivity index (χ3v) is 3.54. The molecule has 0 saturated carbocycles. The molecule has 5 heteroatoms. The van der Waals surface area contributed by atoms with E-state index in [1.165, 1.54) is 0 Å². The summed E-state index contributed by atoms with van der Waals surface area (Å²) in [5.74, 6) is 0. The Balaban J connectivity index is 2.68. The lowest BCUT2D eigenvalue weighted by molar-refractivity contribution is -0.385. The summed E-state index contributed by atoms with van der Waals surface area (Å²) < 4.78 is 0. The minimum Gasteiger partial charge on any atom is -0.330 e. The van der Waals surface area contributed by atoms with E-state index in [-0.39, 0.29) is 16.0 Å². The maximum Gasteiger partial charge on any atom is 0.272 e. The molecule has 0 radical (unpaired) electrons. The zero-order valence-electron chi connectivity index (χ0n) is 12.6. The summed E-state index contributed by atoms with van der Waals surface area (Å²) in [5, 5.41) is 11.0. The number of nitrogens with zero attached hydrogens (tertiary/aromatic N) is 2. The standard InChI is InChI=1S/C15H25N3O2/c1-4-17(12-15(2,3)11-16)10-9-13-7-5-6-8-14(13)18(19)20/h5-8H,4,9-12,16H2,1-3H3. The van der Waals surface area contributed by atoms with E-state index < -0.39 is 0 Å². The molecule has 112 valence electrons. The molecule has 1 aromatic carbocycles. The highest BCUT2D eigenvalue weighted by atomic mass is 16.6. The first-order valence-electron chi connectivity index (χ1n) is 7.04. The predicted octanol–water partition coefficient (Wildman–Crippen LogP) is 2.44. The van der Waals surface area contributed by atoms with Crippen LogP contribution in [0.1, 0.15) is 26.3 Å². The normalized spacial score (nSPS) is 11.8. The van der Waals surface area contributed by atoms with Crippen LogP contribution in [0.15, 0.2) is 24.3 Å². The molecule has 1 rings (SSSR count). The second kappa shape index (κ2) is 7.36. The number of nitro groups is 1. The number of benzene rings is 1. The van der Waals surface area contributed by atoms with E-state index in [1.807, 2.05) is 12.1 Å². The van der Waals surface area contributed by atoms with Gasteiger partial charge in [-0.3, -0.25) is 10.1 Å². The van der Waals surface area contributed by atoms with Gasteiger partial charge in [-0.05, 0) is 24.9 Å². The monoisotopic (exact) mass is 279 g/mol. The van der Waals surface area contributed by atoms with E-state index in [1.54, 1.807) is 12.1 Å². The van der Waals surface area contributed by atoms with Crippen molar-refractivity contribution >= 4 is 5.69 Å². The second-order valence-corrected chi connectivity index (χ2v) is 5.87. The Labute approximate surface area is 120 Å². The average Bonchev–Trinajstić information content (AvgIpc) is 2.43. The maximum atomic E-state index is 11.0. The second-order valence-electron chi connectivity index (χ2n) is 5.87. The van der Waals surface area contributed by atoms with Crippen molar-refractivity contribution < 1.29 is 4.92 Å². The molecule has 0 fully saturated rings. The summed E-state index contributed by atoms with van der Waals surface area (Å²) in [6, 6.07) is 6.95. The Morgan fingerprint density at radius 3 is 2.55 bits per heavy atom. The minimum absolute atomic E-state index is 0.0681. The number of hydrogen-bond donors (Lipinski definition) is 1. The van der Waals surface area contributed by atoms with Crippen LogP contribution in [0.2, 0.25) is 0 Å². The van der Waals surface area contributed by atoms with Crippen LogP contribution in [0.3, 0.4) is 0 Å². The van der Waals surface area contributed by atoms with Crippen molar-refractivity contribution in [1.82, 2.24) is 4.90 Å². The van der Waals surface area contributed by atoms with Gasteiger partial charge in [0.15, 0.2) is 0 Å². The van der Waals surface area contributed by atoms with E-state index in [0.29, 0.717) is 13.0 Å². The van der Waals surface area contributed by atoms with Crippen molar-refractivity contribution in [1.29, 1.82) is 0 Å². The number of hydrogen-bond acceptors (Lipinski definition) is 4. The van der Waals surface area contributed by atoms with Crippen LogP contribution < -0.4 is 5.73 Å². The average molecular weight is 279 g/mol. The zero-order chi connectivity index (χ0) is 15.2. The van der Waals surface area contributed by atoms with Crippen LogP contribution in [0.4, 0.5) is 5.69 Å². The lowest BCUT2D eigenvalue weighted by Crippen LogP contribution is -2.39. The quantitative estimate of drug-likeness (QED) is 0.586. The highest BCUT2D eigenvalue weighted by Crippen LogP contribution is 2.20. The van der Waals surface area contributed by atoms with E-state index in [9.17, 15) is 10.1 Å². The predicted molar refractivity (Wildman–Crippen MR) is 81.7 cm³/mol. The first-order chi connectivity index (χ1) is 9.39. The van der Waals surface area contributed by atoms with Gasteiger partial charge in [0.1, 0.15) is 0 Å². The molecule has 0 saturated heterocycles. The molecule has 2 N–H and O–H groups in total. The largest absolute Gasteiger partial charge is 0.330 e. The first-order valence-corrected chi connectivity index (χ1v) is 7.04. The summed E-state index contributed by atoms with van der Waals surface area (Å²) in [5.41, 5.74) is 6.84. The van der Waals surface area contributed by atoms with Crippen molar-refractivity contribution in [2.24, 2.45) is 11.1 Å². The smallest absolute Gasteiger partial charge is 0.272 e. The van der Waals surface area contributed by atoms with E-state index in [4.69, 9.17) is 5.73 Å². The van der Waals surface area contributed by atoms with Gasteiger partial charge < -0.3 is 10.6 Å². The van der Waals surface area contributed by atoms with Crippen LogP contribution >= 0.6 is 0 Å². The molecule has 0 aliphatic heterocycles. The molecule has 0 heterocycles. The Morgan fingerprint density at radius 1 is 1.35 bits per heavy atom. The number of nitrogens with two attached hydrogens (primary N) is 1. The fourth-order valence-electron chi connectivity index (χ4n) is 2.20. The minimum atomic E-state index is -0.310. The third-order valence-electron chi connectivity index (χ3n) is 3.54. The fraction of sp³-hybridized carbons (Fsp3) is 0.600. The number of para-hydroxylation sites is 1. The van der Waals surface area contributed by atoms with Gasteiger partial charge in [-0.2, -0.15) is 0 Å². The third kappa shape index (κ3) is 4.90. The van der Waals surface area contributed by atoms with Gasteiger partial charge in [0.25, 0.3) is 5.69 Å². The Kier molecular flexibility index (Phi) is 6.10. The molecule has 0 amide bonds. The maximum absolute atomic E-state index is 11.0. The molecular formula is C15H25N3O2. The molecule has 0 aliphatic rings. The molecule has 0 atom stereocenters. The highest BCUT2D eigenvalue weighted by molar-refractivity contribution is 5.39. The van der Waals surface area contributed by atoms with Gasteiger partial charge in [-0.15, -0.1) is 0 Å². The van der Waals surface area contributed by atoms with Crippen LogP contribution in [0.5, 0.6) is 0 Å². The molecule has 0 aromatic heterocycles. The van der Waals surface area contributed by atoms with Gasteiger partial charge in [-0.1, -0.05) is 39.0 Å². The first kappa shape index (κ1) is 16.6. The number of rotatable bonds is 8. The molecule has 5 nitrogen and oxygen atoms in total. The lowest BCUT2D eigenvalue weighted by atomic mass is 9.93. The zero-order valence-corrected chi connectivity index (χ0v) is 12.6. The van der Waals surface area contributed by atoms with Crippen molar-refractivity contribution in [2.75, 3.05) is 26.2 Å². The van der Waals surface area contributed by atoms with E-state index in [0.717, 1.165) is 25.2 Å². The molecule has 1 aromatic rings. The summed E-state index contributed by atoms with van der Waals surface area (Å²) >= 11 is 0. The van der Waals surface area contributed by atoms with Gasteiger partial charge >= 0.3 is 0 Å². The van der Waals surface area contributed by atoms with Crippen molar-refractivity contribution in [3.05, 3.63) is 39.9 Å². The van der Waals surface area contributed by atoms with E-state index >= 15 is 0 Å². The van der Waals surface area contributed by atoms with Crippen LogP contribution in [-0.4, -0.2) is 36.0 Å². The Morgan fingerprint density at radius 2 is 2.00 bits per heavy atom. The van der Waals surface area contributed by atoms with Crippen LogP contribution in [-0.2, 0) is 6.42 Å². The Hall–Kier alpha value is -1.46. The molecule has 0 unspecified atom stereocenters. The molecule has 20 heavy (non-hydrogen) atoms. The van der Waals surface area contributed by atoms with Gasteiger partial charge in [-0.25, -0.2) is 0 Å². The SMILES string of the molecule is CCN(CCc1ccccc1[N+](=O)[O-])CC(C)(C)CN. The molecule has 0 spiro atoms. The van der Waals surface area contributed by atoms with Crippen LogP contribution in [0, 0.1) is 15.5 Å². The molecule has 0 aliphatic carbocycles. The topological polar surface area (TPSA) is 72.4 Å². The highest BCUT2D eigenvalue weighted by Gasteiger charge is 2.20. The lowest BCUT2D eigenvalue weighted by Gasteiger charge is -2.31. The summed E-state index contributed by atoms with van der Waals surface area (Å²) in [4.78, 5) is 13.0. The fourth-order valence-corrected chi connectivity index (χ4v) is 2.20. The number of nitro benzene ring substituents is 1. The van der Waals surface area contributed by atoms with Gasteiger partial charge in [0.2, 0.25) is 0 Å². The summed E-state index contributed by atoms with van der Waals surface area (Å²) in [6.07, 6.45) is 0.686. The summed E-state index contributed by atoms with van der Waals surface area (Å²) in [7, 11) is 0.